The minimum absolute atomic E-state index is 0.144. The van der Waals surface area contributed by atoms with Crippen molar-refractivity contribution < 1.29 is 8.42 Å². The van der Waals surface area contributed by atoms with E-state index in [-0.39, 0.29) is 5.28 Å². The molecule has 108 valence electrons. The van der Waals surface area contributed by atoms with Crippen LogP contribution in [0.15, 0.2) is 42.6 Å². The molecule has 0 atom stereocenters. The summed E-state index contributed by atoms with van der Waals surface area (Å²) in [6, 6.07) is 10.8. The molecule has 0 aliphatic carbocycles. The van der Waals surface area contributed by atoms with Crippen molar-refractivity contribution in [1.29, 1.82) is 0 Å². The van der Waals surface area contributed by atoms with Crippen LogP contribution < -0.4 is 4.72 Å². The van der Waals surface area contributed by atoms with Gasteiger partial charge in [-0.1, -0.05) is 12.1 Å². The Balaban J connectivity index is 2.10. The predicted molar refractivity (Wildman–Crippen MR) is 81.9 cm³/mol. The Kier molecular flexibility index (Phi) is 3.30. The summed E-state index contributed by atoms with van der Waals surface area (Å²) >= 11 is 5.82. The van der Waals surface area contributed by atoms with Gasteiger partial charge in [0.05, 0.1) is 23.7 Å². The number of aromatic nitrogens is 3. The Morgan fingerprint density at radius 2 is 2.05 bits per heavy atom. The highest BCUT2D eigenvalue weighted by atomic mass is 35.5. The number of halogens is 1. The van der Waals surface area contributed by atoms with Crippen molar-refractivity contribution in [1.82, 2.24) is 14.6 Å². The molecule has 3 aromatic rings. The zero-order chi connectivity index (χ0) is 15.0. The number of sulfonamides is 1. The quantitative estimate of drug-likeness (QED) is 0.803. The Labute approximate surface area is 126 Å². The maximum absolute atomic E-state index is 11.3. The molecule has 1 aromatic carbocycles. The summed E-state index contributed by atoms with van der Waals surface area (Å²) in [5, 5.41) is 4.29. The number of hydrogen-bond acceptors (Lipinski definition) is 4. The highest BCUT2D eigenvalue weighted by Gasteiger charge is 2.09. The van der Waals surface area contributed by atoms with Gasteiger partial charge in [-0.05, 0) is 35.9 Å². The van der Waals surface area contributed by atoms with E-state index in [4.69, 9.17) is 11.6 Å². The molecule has 8 heteroatoms. The van der Waals surface area contributed by atoms with Gasteiger partial charge in [-0.3, -0.25) is 4.72 Å². The Hall–Kier alpha value is -2.12. The fourth-order valence-corrected chi connectivity index (χ4v) is 2.74. The van der Waals surface area contributed by atoms with Crippen LogP contribution in [0.2, 0.25) is 5.28 Å². The average Bonchev–Trinajstić information content (AvgIpc) is 2.80. The number of benzene rings is 1. The van der Waals surface area contributed by atoms with Gasteiger partial charge < -0.3 is 0 Å². The molecular formula is C13H11ClN4O2S. The van der Waals surface area contributed by atoms with Crippen molar-refractivity contribution >= 4 is 32.8 Å². The van der Waals surface area contributed by atoms with Gasteiger partial charge in [-0.2, -0.15) is 0 Å². The molecule has 2 aromatic heterocycles. The molecule has 0 fully saturated rings. The Morgan fingerprint density at radius 3 is 2.81 bits per heavy atom. The first-order valence-corrected chi connectivity index (χ1v) is 8.28. The van der Waals surface area contributed by atoms with Crippen LogP contribution in [0.3, 0.4) is 0 Å². The number of anilines is 1. The predicted octanol–water partition coefficient (Wildman–Crippen LogP) is 2.42. The molecule has 0 saturated heterocycles. The second-order valence-electron chi connectivity index (χ2n) is 4.54. The number of nitrogens with zero attached hydrogens (tertiary/aromatic N) is 3. The third-order valence-electron chi connectivity index (χ3n) is 2.83. The molecule has 0 unspecified atom stereocenters. The number of rotatable bonds is 3. The minimum Gasteiger partial charge on any atom is -0.284 e. The van der Waals surface area contributed by atoms with Crippen LogP contribution in [0.5, 0.6) is 0 Å². The van der Waals surface area contributed by atoms with Crippen LogP contribution in [0.1, 0.15) is 0 Å². The number of fused-ring (bicyclic) bond motifs is 1. The van der Waals surface area contributed by atoms with E-state index in [2.05, 4.69) is 14.8 Å². The summed E-state index contributed by atoms with van der Waals surface area (Å²) in [5.41, 5.74) is 2.91. The van der Waals surface area contributed by atoms with Gasteiger partial charge >= 0.3 is 0 Å². The SMILES string of the molecule is CS(=O)(=O)Nc1cccc(-c2ccc3cnc(Cl)nn23)c1. The molecule has 6 nitrogen and oxygen atoms in total. The summed E-state index contributed by atoms with van der Waals surface area (Å²) < 4.78 is 26.7. The highest BCUT2D eigenvalue weighted by molar-refractivity contribution is 7.92. The molecule has 1 N–H and O–H groups in total. The standard InChI is InChI=1S/C13H11ClN4O2S/c1-21(19,20)17-10-4-2-3-9(7-10)12-6-5-11-8-15-13(14)16-18(11)12/h2-8,17H,1H3. The average molecular weight is 323 g/mol. The van der Waals surface area contributed by atoms with Crippen LogP contribution >= 0.6 is 11.6 Å². The van der Waals surface area contributed by atoms with Crippen molar-refractivity contribution in [2.45, 2.75) is 0 Å². The lowest BCUT2D eigenvalue weighted by molar-refractivity contribution is 0.607. The summed E-state index contributed by atoms with van der Waals surface area (Å²) in [4.78, 5) is 3.92. The van der Waals surface area contributed by atoms with Gasteiger partial charge in [0.15, 0.2) is 0 Å². The normalized spacial score (nSPS) is 11.7. The molecule has 0 spiro atoms. The molecule has 0 aliphatic heterocycles. The van der Waals surface area contributed by atoms with Crippen LogP contribution in [0.4, 0.5) is 5.69 Å². The van der Waals surface area contributed by atoms with Gasteiger partial charge in [-0.25, -0.2) is 17.9 Å². The third kappa shape index (κ3) is 2.98. The van der Waals surface area contributed by atoms with Gasteiger partial charge in [0, 0.05) is 11.3 Å². The molecule has 0 aliphatic rings. The zero-order valence-electron chi connectivity index (χ0n) is 11.0. The molecule has 0 saturated carbocycles. The minimum atomic E-state index is -3.32. The molecule has 0 bridgehead atoms. The van der Waals surface area contributed by atoms with E-state index >= 15 is 0 Å². The third-order valence-corrected chi connectivity index (χ3v) is 3.61. The van der Waals surface area contributed by atoms with Crippen LogP contribution in [-0.2, 0) is 10.0 Å². The Bertz CT molecular complexity index is 921. The van der Waals surface area contributed by atoms with Crippen LogP contribution in [0, 0.1) is 0 Å². The van der Waals surface area contributed by atoms with Gasteiger partial charge in [-0.15, -0.1) is 5.10 Å². The maximum Gasteiger partial charge on any atom is 0.241 e. The monoisotopic (exact) mass is 322 g/mol. The second-order valence-corrected chi connectivity index (χ2v) is 6.62. The van der Waals surface area contributed by atoms with Crippen molar-refractivity contribution in [2.75, 3.05) is 11.0 Å². The van der Waals surface area contributed by atoms with E-state index in [0.29, 0.717) is 5.69 Å². The number of nitrogens with one attached hydrogen (secondary N) is 1. The first-order valence-electron chi connectivity index (χ1n) is 6.01. The van der Waals surface area contributed by atoms with Crippen LogP contribution in [-0.4, -0.2) is 29.3 Å². The van der Waals surface area contributed by atoms with Crippen molar-refractivity contribution in [2.24, 2.45) is 0 Å². The Morgan fingerprint density at radius 1 is 1.24 bits per heavy atom. The zero-order valence-corrected chi connectivity index (χ0v) is 12.6. The van der Waals surface area contributed by atoms with Crippen molar-refractivity contribution in [3.8, 4) is 11.3 Å². The number of hydrogen-bond donors (Lipinski definition) is 1. The summed E-state index contributed by atoms with van der Waals surface area (Å²) in [6.07, 6.45) is 2.73. The molecule has 0 radical (unpaired) electrons. The molecule has 2 heterocycles. The lowest BCUT2D eigenvalue weighted by atomic mass is 10.1. The summed E-state index contributed by atoms with van der Waals surface area (Å²) in [5.74, 6) is 0. The molecule has 21 heavy (non-hydrogen) atoms. The fourth-order valence-electron chi connectivity index (χ4n) is 2.06. The van der Waals surface area contributed by atoms with Gasteiger partial charge in [0.1, 0.15) is 0 Å². The highest BCUT2D eigenvalue weighted by Crippen LogP contribution is 2.25. The summed E-state index contributed by atoms with van der Waals surface area (Å²) in [6.45, 7) is 0. The van der Waals surface area contributed by atoms with Crippen molar-refractivity contribution in [3.63, 3.8) is 0 Å². The van der Waals surface area contributed by atoms with E-state index < -0.39 is 10.0 Å². The topological polar surface area (TPSA) is 76.4 Å². The first-order chi connectivity index (χ1) is 9.92. The second kappa shape index (κ2) is 5.01. The van der Waals surface area contributed by atoms with Crippen LogP contribution in [0.25, 0.3) is 16.8 Å². The molecular weight excluding hydrogens is 312 g/mol. The molecule has 0 amide bonds. The molecule has 3 rings (SSSR count). The van der Waals surface area contributed by atoms with Gasteiger partial charge in [0.2, 0.25) is 15.3 Å². The van der Waals surface area contributed by atoms with E-state index in [1.807, 2.05) is 18.2 Å². The van der Waals surface area contributed by atoms with E-state index in [1.165, 1.54) is 0 Å². The fraction of sp³-hybridized carbons (Fsp3) is 0.0769. The van der Waals surface area contributed by atoms with E-state index in [0.717, 1.165) is 23.0 Å². The first kappa shape index (κ1) is 13.8. The van der Waals surface area contributed by atoms with E-state index in [9.17, 15) is 8.42 Å². The van der Waals surface area contributed by atoms with E-state index in [1.54, 1.807) is 28.9 Å². The van der Waals surface area contributed by atoms with Gasteiger partial charge in [0.25, 0.3) is 0 Å². The summed E-state index contributed by atoms with van der Waals surface area (Å²) in [7, 11) is -3.32. The smallest absolute Gasteiger partial charge is 0.241 e. The lowest BCUT2D eigenvalue weighted by Crippen LogP contribution is -2.09. The van der Waals surface area contributed by atoms with Crippen molar-refractivity contribution in [3.05, 3.63) is 47.9 Å². The lowest BCUT2D eigenvalue weighted by Gasteiger charge is -2.07. The largest absolute Gasteiger partial charge is 0.284 e. The maximum atomic E-state index is 11.3.